The second-order valence-corrected chi connectivity index (χ2v) is 4.68. The van der Waals surface area contributed by atoms with Crippen LogP contribution in [0, 0.1) is 0 Å². The number of nitrogens with zero attached hydrogens (tertiary/aromatic N) is 1. The van der Waals surface area contributed by atoms with Gasteiger partial charge in [-0.05, 0) is 19.3 Å². The molecular weight excluding hydrogens is 192 g/mol. The number of aliphatic hydroxyl groups is 1. The van der Waals surface area contributed by atoms with Gasteiger partial charge in [-0.3, -0.25) is 0 Å². The zero-order valence-electron chi connectivity index (χ0n) is 9.37. The molecule has 2 N–H and O–H groups in total. The fraction of sp³-hybridized carbons (Fsp3) is 1.00. The highest BCUT2D eigenvalue weighted by Gasteiger charge is 2.29. The van der Waals surface area contributed by atoms with E-state index in [0.717, 1.165) is 65.2 Å². The standard InChI is InChI=1S/C11H22N2O2/c14-11(2-9-15-10-3-11)1-6-13-7-4-12-5-8-13/h12,14H,1-10H2. The second kappa shape index (κ2) is 5.25. The third-order valence-corrected chi connectivity index (χ3v) is 3.53. The quantitative estimate of drug-likeness (QED) is 0.684. The molecule has 0 spiro atoms. The molecule has 0 radical (unpaired) electrons. The summed E-state index contributed by atoms with van der Waals surface area (Å²) in [5, 5.41) is 13.6. The van der Waals surface area contributed by atoms with E-state index in [9.17, 15) is 5.11 Å². The molecule has 0 aliphatic carbocycles. The zero-order chi connectivity index (χ0) is 10.6. The van der Waals surface area contributed by atoms with Crippen molar-refractivity contribution < 1.29 is 9.84 Å². The molecule has 4 heteroatoms. The summed E-state index contributed by atoms with van der Waals surface area (Å²) in [6.07, 6.45) is 2.51. The Labute approximate surface area is 91.6 Å². The van der Waals surface area contributed by atoms with Crippen molar-refractivity contribution in [1.29, 1.82) is 0 Å². The molecule has 0 aromatic heterocycles. The van der Waals surface area contributed by atoms with E-state index in [1.165, 1.54) is 0 Å². The van der Waals surface area contributed by atoms with Crippen molar-refractivity contribution in [1.82, 2.24) is 10.2 Å². The summed E-state index contributed by atoms with van der Waals surface area (Å²) in [4.78, 5) is 2.43. The highest BCUT2D eigenvalue weighted by atomic mass is 16.5. The Hall–Kier alpha value is -0.160. The van der Waals surface area contributed by atoms with Crippen molar-refractivity contribution in [3.8, 4) is 0 Å². The molecule has 0 unspecified atom stereocenters. The van der Waals surface area contributed by atoms with Crippen molar-refractivity contribution in [2.24, 2.45) is 0 Å². The average molecular weight is 214 g/mol. The molecule has 2 rings (SSSR count). The molecule has 2 fully saturated rings. The van der Waals surface area contributed by atoms with Crippen molar-refractivity contribution >= 4 is 0 Å². The Bertz CT molecular complexity index is 187. The maximum absolute atomic E-state index is 10.3. The number of rotatable bonds is 3. The van der Waals surface area contributed by atoms with Gasteiger partial charge in [-0.15, -0.1) is 0 Å². The van der Waals surface area contributed by atoms with Gasteiger partial charge in [0, 0.05) is 45.9 Å². The molecular formula is C11H22N2O2. The Morgan fingerprint density at radius 1 is 1.20 bits per heavy atom. The van der Waals surface area contributed by atoms with Crippen LogP contribution in [0.15, 0.2) is 0 Å². The first-order valence-corrected chi connectivity index (χ1v) is 6.02. The molecule has 88 valence electrons. The maximum Gasteiger partial charge on any atom is 0.0703 e. The van der Waals surface area contributed by atoms with Gasteiger partial charge >= 0.3 is 0 Å². The second-order valence-electron chi connectivity index (χ2n) is 4.68. The van der Waals surface area contributed by atoms with Gasteiger partial charge in [-0.2, -0.15) is 0 Å². The first-order chi connectivity index (χ1) is 7.29. The third kappa shape index (κ3) is 3.41. The highest BCUT2D eigenvalue weighted by Crippen LogP contribution is 2.24. The molecule has 0 saturated carbocycles. The van der Waals surface area contributed by atoms with Crippen LogP contribution in [-0.2, 0) is 4.74 Å². The van der Waals surface area contributed by atoms with Gasteiger partial charge in [0.15, 0.2) is 0 Å². The van der Waals surface area contributed by atoms with E-state index in [1.807, 2.05) is 0 Å². The number of nitrogens with one attached hydrogen (secondary N) is 1. The van der Waals surface area contributed by atoms with E-state index >= 15 is 0 Å². The summed E-state index contributed by atoms with van der Waals surface area (Å²) in [6, 6.07) is 0. The van der Waals surface area contributed by atoms with Crippen LogP contribution < -0.4 is 5.32 Å². The van der Waals surface area contributed by atoms with Crippen molar-refractivity contribution in [3.63, 3.8) is 0 Å². The smallest absolute Gasteiger partial charge is 0.0703 e. The Kier molecular flexibility index (Phi) is 3.97. The van der Waals surface area contributed by atoms with E-state index < -0.39 is 5.60 Å². The van der Waals surface area contributed by atoms with Gasteiger partial charge < -0.3 is 20.1 Å². The SMILES string of the molecule is OC1(CCN2CCNCC2)CCOCC1. The summed E-state index contributed by atoms with van der Waals surface area (Å²) in [5.41, 5.74) is -0.455. The summed E-state index contributed by atoms with van der Waals surface area (Å²) in [7, 11) is 0. The molecule has 2 aliphatic rings. The van der Waals surface area contributed by atoms with Gasteiger partial charge in [-0.1, -0.05) is 0 Å². The lowest BCUT2D eigenvalue weighted by Gasteiger charge is -2.35. The summed E-state index contributed by atoms with van der Waals surface area (Å²) < 4.78 is 5.27. The molecule has 0 atom stereocenters. The van der Waals surface area contributed by atoms with Crippen LogP contribution >= 0.6 is 0 Å². The van der Waals surface area contributed by atoms with Gasteiger partial charge in [0.1, 0.15) is 0 Å². The lowest BCUT2D eigenvalue weighted by molar-refractivity contribution is -0.0719. The van der Waals surface area contributed by atoms with Crippen LogP contribution in [0.5, 0.6) is 0 Å². The van der Waals surface area contributed by atoms with Crippen LogP contribution in [0.3, 0.4) is 0 Å². The molecule has 0 amide bonds. The molecule has 15 heavy (non-hydrogen) atoms. The number of hydrogen-bond donors (Lipinski definition) is 2. The van der Waals surface area contributed by atoms with Gasteiger partial charge in [0.05, 0.1) is 5.60 Å². The molecule has 2 saturated heterocycles. The lowest BCUT2D eigenvalue weighted by atomic mass is 9.90. The first-order valence-electron chi connectivity index (χ1n) is 6.02. The molecule has 0 aromatic rings. The summed E-state index contributed by atoms with van der Waals surface area (Å²) in [5.74, 6) is 0. The van der Waals surface area contributed by atoms with E-state index in [2.05, 4.69) is 10.2 Å². The zero-order valence-corrected chi connectivity index (χ0v) is 9.37. The number of hydrogen-bond acceptors (Lipinski definition) is 4. The topological polar surface area (TPSA) is 44.7 Å². The Balaban J connectivity index is 1.70. The number of piperazine rings is 1. The van der Waals surface area contributed by atoms with E-state index in [4.69, 9.17) is 4.74 Å². The minimum absolute atomic E-state index is 0.455. The number of ether oxygens (including phenoxy) is 1. The van der Waals surface area contributed by atoms with Crippen molar-refractivity contribution in [3.05, 3.63) is 0 Å². The van der Waals surface area contributed by atoms with Crippen LogP contribution in [-0.4, -0.2) is 61.5 Å². The predicted octanol–water partition coefficient (Wildman–Crippen LogP) is -0.177. The maximum atomic E-state index is 10.3. The van der Waals surface area contributed by atoms with Crippen LogP contribution in [0.4, 0.5) is 0 Å². The molecule has 4 nitrogen and oxygen atoms in total. The fourth-order valence-corrected chi connectivity index (χ4v) is 2.30. The van der Waals surface area contributed by atoms with E-state index in [1.54, 1.807) is 0 Å². The Morgan fingerprint density at radius 2 is 1.87 bits per heavy atom. The van der Waals surface area contributed by atoms with E-state index in [-0.39, 0.29) is 0 Å². The third-order valence-electron chi connectivity index (χ3n) is 3.53. The normalized spacial score (nSPS) is 27.8. The highest BCUT2D eigenvalue weighted by molar-refractivity contribution is 4.83. The lowest BCUT2D eigenvalue weighted by Crippen LogP contribution is -2.46. The molecule has 0 aromatic carbocycles. The monoisotopic (exact) mass is 214 g/mol. The predicted molar refractivity (Wildman–Crippen MR) is 58.9 cm³/mol. The van der Waals surface area contributed by atoms with Crippen molar-refractivity contribution in [2.45, 2.75) is 24.9 Å². The minimum atomic E-state index is -0.455. The minimum Gasteiger partial charge on any atom is -0.390 e. The van der Waals surface area contributed by atoms with Crippen LogP contribution in [0.25, 0.3) is 0 Å². The average Bonchev–Trinajstić information content (AvgIpc) is 2.29. The summed E-state index contributed by atoms with van der Waals surface area (Å²) in [6.45, 7) is 6.87. The Morgan fingerprint density at radius 3 is 2.53 bits per heavy atom. The molecule has 0 bridgehead atoms. The van der Waals surface area contributed by atoms with Crippen LogP contribution in [0.1, 0.15) is 19.3 Å². The van der Waals surface area contributed by atoms with Gasteiger partial charge in [0.25, 0.3) is 0 Å². The molecule has 2 heterocycles. The van der Waals surface area contributed by atoms with Gasteiger partial charge in [0.2, 0.25) is 0 Å². The van der Waals surface area contributed by atoms with Gasteiger partial charge in [-0.25, -0.2) is 0 Å². The largest absolute Gasteiger partial charge is 0.390 e. The van der Waals surface area contributed by atoms with Crippen LogP contribution in [0.2, 0.25) is 0 Å². The van der Waals surface area contributed by atoms with Crippen molar-refractivity contribution in [2.75, 3.05) is 45.9 Å². The fourth-order valence-electron chi connectivity index (χ4n) is 2.30. The molecule has 2 aliphatic heterocycles. The first kappa shape index (κ1) is 11.3. The van der Waals surface area contributed by atoms with E-state index in [0.29, 0.717) is 0 Å². The summed E-state index contributed by atoms with van der Waals surface area (Å²) >= 11 is 0.